The van der Waals surface area contributed by atoms with Gasteiger partial charge >= 0.3 is 0 Å². The van der Waals surface area contributed by atoms with Crippen LogP contribution in [0.25, 0.3) is 0 Å². The van der Waals surface area contributed by atoms with E-state index < -0.39 is 6.04 Å². The Morgan fingerprint density at radius 1 is 1.17 bits per heavy atom. The average molecular weight is 349 g/mol. The predicted octanol–water partition coefficient (Wildman–Crippen LogP) is 3.09. The number of benzene rings is 2. The molecule has 0 aliphatic rings. The second kappa shape index (κ2) is 9.30. The number of ether oxygens (including phenoxy) is 1. The molecule has 5 heteroatoms. The zero-order valence-corrected chi connectivity index (χ0v) is 15.2. The number of hydrogen-bond donors (Lipinski definition) is 2. The number of aryl methyl sites for hydroxylation is 2. The monoisotopic (exact) mass is 348 g/mol. The molecular formula is C19H25ClN2O2. The van der Waals surface area contributed by atoms with Crippen LogP contribution in [0.4, 0.5) is 0 Å². The van der Waals surface area contributed by atoms with Crippen molar-refractivity contribution in [3.63, 3.8) is 0 Å². The standard InChI is InChI=1S/C19H24N2O2.ClH/c1-13-4-8-16(9-5-13)18(20)19(22)21-11-10-15-7-6-14(2)17(12-15)23-3;/h4-9,12,18H,10-11,20H2,1-3H3,(H,21,22);1H. The van der Waals surface area contributed by atoms with Crippen LogP contribution in [-0.2, 0) is 11.2 Å². The van der Waals surface area contributed by atoms with E-state index in [0.717, 1.165) is 34.4 Å². The molecule has 24 heavy (non-hydrogen) atoms. The average Bonchev–Trinajstić information content (AvgIpc) is 2.56. The van der Waals surface area contributed by atoms with Crippen LogP contribution in [0.2, 0.25) is 0 Å². The van der Waals surface area contributed by atoms with Gasteiger partial charge in [-0.2, -0.15) is 0 Å². The van der Waals surface area contributed by atoms with Crippen molar-refractivity contribution in [1.82, 2.24) is 5.32 Å². The van der Waals surface area contributed by atoms with Crippen molar-refractivity contribution < 1.29 is 9.53 Å². The first kappa shape index (κ1) is 20.0. The number of carbonyl (C=O) groups is 1. The van der Waals surface area contributed by atoms with Gasteiger partial charge in [0.2, 0.25) is 5.91 Å². The van der Waals surface area contributed by atoms with E-state index in [-0.39, 0.29) is 18.3 Å². The van der Waals surface area contributed by atoms with Gasteiger partial charge in [-0.1, -0.05) is 42.0 Å². The van der Waals surface area contributed by atoms with Crippen LogP contribution in [0.15, 0.2) is 42.5 Å². The first-order chi connectivity index (χ1) is 11.0. The molecule has 0 spiro atoms. The Kier molecular flexibility index (Phi) is 7.75. The Bertz CT molecular complexity index is 672. The molecule has 0 heterocycles. The van der Waals surface area contributed by atoms with E-state index in [9.17, 15) is 4.79 Å². The maximum atomic E-state index is 12.1. The van der Waals surface area contributed by atoms with Crippen LogP contribution < -0.4 is 15.8 Å². The first-order valence-electron chi connectivity index (χ1n) is 7.74. The molecule has 1 unspecified atom stereocenters. The normalized spacial score (nSPS) is 11.3. The number of rotatable bonds is 6. The summed E-state index contributed by atoms with van der Waals surface area (Å²) in [5.41, 5.74) is 10.2. The molecule has 0 aromatic heterocycles. The third-order valence-electron chi connectivity index (χ3n) is 3.90. The van der Waals surface area contributed by atoms with Crippen LogP contribution in [-0.4, -0.2) is 19.6 Å². The van der Waals surface area contributed by atoms with Gasteiger partial charge in [0.25, 0.3) is 0 Å². The molecular weight excluding hydrogens is 324 g/mol. The maximum absolute atomic E-state index is 12.1. The zero-order chi connectivity index (χ0) is 16.8. The highest BCUT2D eigenvalue weighted by Crippen LogP contribution is 2.19. The van der Waals surface area contributed by atoms with Gasteiger partial charge in [-0.15, -0.1) is 12.4 Å². The Morgan fingerprint density at radius 3 is 2.46 bits per heavy atom. The highest BCUT2D eigenvalue weighted by molar-refractivity contribution is 5.85. The fraction of sp³-hybridized carbons (Fsp3) is 0.316. The molecule has 0 fully saturated rings. The lowest BCUT2D eigenvalue weighted by Crippen LogP contribution is -2.35. The third-order valence-corrected chi connectivity index (χ3v) is 3.90. The maximum Gasteiger partial charge on any atom is 0.241 e. The Labute approximate surface area is 149 Å². The predicted molar refractivity (Wildman–Crippen MR) is 99.8 cm³/mol. The molecule has 0 saturated carbocycles. The summed E-state index contributed by atoms with van der Waals surface area (Å²) in [5, 5.41) is 2.89. The van der Waals surface area contributed by atoms with E-state index in [4.69, 9.17) is 10.5 Å². The van der Waals surface area contributed by atoms with Gasteiger partial charge in [-0.3, -0.25) is 4.79 Å². The first-order valence-corrected chi connectivity index (χ1v) is 7.74. The number of carbonyl (C=O) groups excluding carboxylic acids is 1. The molecule has 2 rings (SSSR count). The minimum Gasteiger partial charge on any atom is -0.496 e. The van der Waals surface area contributed by atoms with Crippen molar-refractivity contribution in [2.45, 2.75) is 26.3 Å². The van der Waals surface area contributed by atoms with E-state index in [1.54, 1.807) is 7.11 Å². The number of methoxy groups -OCH3 is 1. The lowest BCUT2D eigenvalue weighted by atomic mass is 10.0. The molecule has 0 bridgehead atoms. The lowest BCUT2D eigenvalue weighted by Gasteiger charge is -2.13. The summed E-state index contributed by atoms with van der Waals surface area (Å²) in [7, 11) is 1.66. The van der Waals surface area contributed by atoms with E-state index in [0.29, 0.717) is 6.54 Å². The van der Waals surface area contributed by atoms with Gasteiger partial charge in [0.1, 0.15) is 11.8 Å². The van der Waals surface area contributed by atoms with Gasteiger partial charge in [0.15, 0.2) is 0 Å². The van der Waals surface area contributed by atoms with Gasteiger partial charge in [-0.25, -0.2) is 0 Å². The highest BCUT2D eigenvalue weighted by atomic mass is 35.5. The van der Waals surface area contributed by atoms with Crippen molar-refractivity contribution in [2.75, 3.05) is 13.7 Å². The number of nitrogens with one attached hydrogen (secondary N) is 1. The van der Waals surface area contributed by atoms with E-state index >= 15 is 0 Å². The van der Waals surface area contributed by atoms with Crippen LogP contribution in [0.1, 0.15) is 28.3 Å². The number of nitrogens with two attached hydrogens (primary N) is 1. The minimum absolute atomic E-state index is 0. The summed E-state index contributed by atoms with van der Waals surface area (Å²) in [5.74, 6) is 0.707. The molecule has 0 saturated heterocycles. The molecule has 1 atom stereocenters. The van der Waals surface area contributed by atoms with E-state index in [1.807, 2.05) is 56.3 Å². The van der Waals surface area contributed by atoms with Crippen LogP contribution >= 0.6 is 12.4 Å². The summed E-state index contributed by atoms with van der Waals surface area (Å²) in [6.45, 7) is 4.56. The summed E-state index contributed by atoms with van der Waals surface area (Å²) >= 11 is 0. The Morgan fingerprint density at radius 2 is 1.83 bits per heavy atom. The molecule has 2 aromatic carbocycles. The van der Waals surface area contributed by atoms with E-state index in [2.05, 4.69) is 5.32 Å². The molecule has 130 valence electrons. The van der Waals surface area contributed by atoms with Gasteiger partial charge in [0.05, 0.1) is 7.11 Å². The fourth-order valence-electron chi connectivity index (χ4n) is 2.39. The van der Waals surface area contributed by atoms with Gasteiger partial charge < -0.3 is 15.8 Å². The molecule has 0 aliphatic carbocycles. The van der Waals surface area contributed by atoms with Crippen molar-refractivity contribution in [3.8, 4) is 5.75 Å². The summed E-state index contributed by atoms with van der Waals surface area (Å²) < 4.78 is 5.31. The van der Waals surface area contributed by atoms with Crippen molar-refractivity contribution in [3.05, 3.63) is 64.7 Å². The van der Waals surface area contributed by atoms with Crippen LogP contribution in [0.5, 0.6) is 5.75 Å². The smallest absolute Gasteiger partial charge is 0.241 e. The van der Waals surface area contributed by atoms with Gasteiger partial charge in [-0.05, 0) is 43.0 Å². The topological polar surface area (TPSA) is 64.3 Å². The molecule has 4 nitrogen and oxygen atoms in total. The lowest BCUT2D eigenvalue weighted by molar-refractivity contribution is -0.122. The number of halogens is 1. The summed E-state index contributed by atoms with van der Waals surface area (Å²) in [6, 6.07) is 13.1. The van der Waals surface area contributed by atoms with Crippen LogP contribution in [0, 0.1) is 13.8 Å². The fourth-order valence-corrected chi connectivity index (χ4v) is 2.39. The Balaban J connectivity index is 0.00000288. The van der Waals surface area contributed by atoms with Gasteiger partial charge in [0, 0.05) is 6.54 Å². The quantitative estimate of drug-likeness (QED) is 0.843. The minimum atomic E-state index is -0.636. The van der Waals surface area contributed by atoms with Crippen LogP contribution in [0.3, 0.4) is 0 Å². The Hall–Kier alpha value is -2.04. The largest absolute Gasteiger partial charge is 0.496 e. The number of amides is 1. The molecule has 1 amide bonds. The number of hydrogen-bond acceptors (Lipinski definition) is 3. The summed E-state index contributed by atoms with van der Waals surface area (Å²) in [6.07, 6.45) is 0.739. The molecule has 2 aromatic rings. The molecule has 0 radical (unpaired) electrons. The third kappa shape index (κ3) is 5.25. The molecule has 0 aliphatic heterocycles. The molecule has 3 N–H and O–H groups in total. The second-order valence-corrected chi connectivity index (χ2v) is 5.73. The van der Waals surface area contributed by atoms with Crippen molar-refractivity contribution in [2.24, 2.45) is 5.73 Å². The second-order valence-electron chi connectivity index (χ2n) is 5.73. The van der Waals surface area contributed by atoms with Crippen molar-refractivity contribution >= 4 is 18.3 Å². The SMILES string of the molecule is COc1cc(CCNC(=O)C(N)c2ccc(C)cc2)ccc1C.Cl. The summed E-state index contributed by atoms with van der Waals surface area (Å²) in [4.78, 5) is 12.1. The van der Waals surface area contributed by atoms with E-state index in [1.165, 1.54) is 0 Å². The zero-order valence-electron chi connectivity index (χ0n) is 14.3. The van der Waals surface area contributed by atoms with Crippen molar-refractivity contribution in [1.29, 1.82) is 0 Å². The highest BCUT2D eigenvalue weighted by Gasteiger charge is 2.14.